The molecule has 0 aromatic carbocycles. The van der Waals surface area contributed by atoms with Gasteiger partial charge in [0.2, 0.25) is 5.91 Å². The number of hydrogen-bond acceptors (Lipinski definition) is 4. The van der Waals surface area contributed by atoms with E-state index in [9.17, 15) is 9.59 Å². The molecular weight excluding hydrogens is 268 g/mol. The second-order valence-electron chi connectivity index (χ2n) is 5.34. The molecule has 1 saturated carbocycles. The Kier molecular flexibility index (Phi) is 3.51. The molecular formula is C15H16N4O2. The van der Waals surface area contributed by atoms with Crippen molar-refractivity contribution >= 4 is 5.91 Å². The maximum Gasteiger partial charge on any atom is 0.251 e. The van der Waals surface area contributed by atoms with Gasteiger partial charge >= 0.3 is 0 Å². The third kappa shape index (κ3) is 3.16. The molecule has 2 atom stereocenters. The molecule has 108 valence electrons. The van der Waals surface area contributed by atoms with Gasteiger partial charge in [0.25, 0.3) is 5.56 Å². The number of carbonyl (C=O) groups excluding carboxylic acids is 1. The topological polar surface area (TPSA) is 87.7 Å². The van der Waals surface area contributed by atoms with Crippen LogP contribution >= 0.6 is 0 Å². The van der Waals surface area contributed by atoms with Gasteiger partial charge in [-0.05, 0) is 24.5 Å². The minimum Gasteiger partial charge on any atom is -0.350 e. The van der Waals surface area contributed by atoms with Crippen LogP contribution in [0.2, 0.25) is 0 Å². The van der Waals surface area contributed by atoms with Crippen molar-refractivity contribution in [3.63, 3.8) is 0 Å². The van der Waals surface area contributed by atoms with Gasteiger partial charge in [0.05, 0.1) is 12.2 Å². The zero-order valence-electron chi connectivity index (χ0n) is 11.7. The van der Waals surface area contributed by atoms with Crippen LogP contribution in [0.15, 0.2) is 35.3 Å². The van der Waals surface area contributed by atoms with Gasteiger partial charge in [-0.1, -0.05) is 13.0 Å². The minimum atomic E-state index is -0.255. The van der Waals surface area contributed by atoms with E-state index < -0.39 is 0 Å². The molecule has 21 heavy (non-hydrogen) atoms. The molecule has 0 bridgehead atoms. The smallest absolute Gasteiger partial charge is 0.251 e. The van der Waals surface area contributed by atoms with Gasteiger partial charge in [-0.15, -0.1) is 0 Å². The van der Waals surface area contributed by atoms with E-state index >= 15 is 0 Å². The maximum absolute atomic E-state index is 11.8. The van der Waals surface area contributed by atoms with Crippen LogP contribution in [-0.2, 0) is 11.3 Å². The van der Waals surface area contributed by atoms with E-state index in [1.165, 1.54) is 6.07 Å². The average molecular weight is 284 g/mol. The summed E-state index contributed by atoms with van der Waals surface area (Å²) in [7, 11) is 0. The predicted octanol–water partition coefficient (Wildman–Crippen LogP) is 1.10. The zero-order chi connectivity index (χ0) is 14.8. The highest BCUT2D eigenvalue weighted by Crippen LogP contribution is 2.37. The Morgan fingerprint density at radius 2 is 2.29 bits per heavy atom. The highest BCUT2D eigenvalue weighted by molar-refractivity contribution is 5.81. The van der Waals surface area contributed by atoms with E-state index in [1.807, 2.05) is 6.07 Å². The number of nitrogens with one attached hydrogen (secondary N) is 2. The molecule has 2 aromatic rings. The highest BCUT2D eigenvalue weighted by atomic mass is 16.2. The highest BCUT2D eigenvalue weighted by Gasteiger charge is 2.38. The summed E-state index contributed by atoms with van der Waals surface area (Å²) in [4.78, 5) is 34.6. The summed E-state index contributed by atoms with van der Waals surface area (Å²) in [6, 6.07) is 6.78. The molecule has 0 aliphatic heterocycles. The van der Waals surface area contributed by atoms with Crippen LogP contribution in [0.25, 0.3) is 11.5 Å². The Morgan fingerprint density at radius 1 is 1.48 bits per heavy atom. The van der Waals surface area contributed by atoms with Crippen LogP contribution in [0.1, 0.15) is 19.0 Å². The molecule has 0 radical (unpaired) electrons. The first-order valence-electron chi connectivity index (χ1n) is 6.93. The van der Waals surface area contributed by atoms with Crippen molar-refractivity contribution in [1.82, 2.24) is 20.3 Å². The summed E-state index contributed by atoms with van der Waals surface area (Å²) in [6.07, 6.45) is 2.58. The van der Waals surface area contributed by atoms with Crippen LogP contribution in [0.5, 0.6) is 0 Å². The number of rotatable bonds is 4. The Balaban J connectivity index is 1.75. The van der Waals surface area contributed by atoms with Crippen molar-refractivity contribution in [1.29, 1.82) is 0 Å². The first-order valence-corrected chi connectivity index (χ1v) is 6.93. The second kappa shape index (κ2) is 5.47. The standard InChI is InChI=1S/C15H16N4O2/c1-9-6-11(9)15(21)17-8-10-7-13(20)19-14(18-10)12-4-2-3-5-16-12/h2-5,7,9,11H,6,8H2,1H3,(H,17,21)(H,18,19,20)/t9-,11+/m0/s1. The Hall–Kier alpha value is -2.50. The maximum atomic E-state index is 11.8. The molecule has 6 heteroatoms. The summed E-state index contributed by atoms with van der Waals surface area (Å²) in [5.41, 5.74) is 0.870. The SMILES string of the molecule is C[C@H]1C[C@H]1C(=O)NCc1cc(=O)[nH]c(-c2ccccn2)n1. The average Bonchev–Trinajstić information content (AvgIpc) is 3.22. The fourth-order valence-corrected chi connectivity index (χ4v) is 2.22. The second-order valence-corrected chi connectivity index (χ2v) is 5.34. The minimum absolute atomic E-state index is 0.0315. The quantitative estimate of drug-likeness (QED) is 0.880. The van der Waals surface area contributed by atoms with Gasteiger partial charge < -0.3 is 10.3 Å². The van der Waals surface area contributed by atoms with Gasteiger partial charge in [0.1, 0.15) is 5.69 Å². The Bertz CT molecular complexity index is 711. The molecule has 2 aromatic heterocycles. The van der Waals surface area contributed by atoms with Gasteiger partial charge in [-0.2, -0.15) is 0 Å². The summed E-state index contributed by atoms with van der Waals surface area (Å²) in [5.74, 6) is 1.01. The van der Waals surface area contributed by atoms with Crippen LogP contribution in [0.3, 0.4) is 0 Å². The number of hydrogen-bond donors (Lipinski definition) is 2. The third-order valence-electron chi connectivity index (χ3n) is 3.59. The van der Waals surface area contributed by atoms with E-state index in [0.717, 1.165) is 6.42 Å². The summed E-state index contributed by atoms with van der Waals surface area (Å²) in [5, 5.41) is 2.82. The monoisotopic (exact) mass is 284 g/mol. The van der Waals surface area contributed by atoms with E-state index in [4.69, 9.17) is 0 Å². The first-order chi connectivity index (χ1) is 10.1. The third-order valence-corrected chi connectivity index (χ3v) is 3.59. The lowest BCUT2D eigenvalue weighted by atomic mass is 10.3. The fraction of sp³-hybridized carbons (Fsp3) is 0.333. The summed E-state index contributed by atoms with van der Waals surface area (Å²) in [6.45, 7) is 2.31. The molecule has 0 saturated heterocycles. The number of carbonyl (C=O) groups is 1. The normalized spacial score (nSPS) is 20.0. The molecule has 1 aliphatic rings. The van der Waals surface area contributed by atoms with Crippen molar-refractivity contribution < 1.29 is 4.79 Å². The lowest BCUT2D eigenvalue weighted by Crippen LogP contribution is -2.26. The first kappa shape index (κ1) is 13.5. The summed E-state index contributed by atoms with van der Waals surface area (Å²) < 4.78 is 0. The van der Waals surface area contributed by atoms with E-state index in [1.54, 1.807) is 18.3 Å². The molecule has 2 heterocycles. The molecule has 1 amide bonds. The van der Waals surface area contributed by atoms with Crippen molar-refractivity contribution in [2.75, 3.05) is 0 Å². The molecule has 1 fully saturated rings. The Labute approximate surface area is 121 Å². The van der Waals surface area contributed by atoms with Crippen LogP contribution < -0.4 is 10.9 Å². The van der Waals surface area contributed by atoms with Crippen LogP contribution in [0, 0.1) is 11.8 Å². The van der Waals surface area contributed by atoms with E-state index in [0.29, 0.717) is 23.1 Å². The molecule has 6 nitrogen and oxygen atoms in total. The molecule has 0 unspecified atom stereocenters. The number of amides is 1. The molecule has 3 rings (SSSR count). The fourth-order valence-electron chi connectivity index (χ4n) is 2.22. The number of aromatic amines is 1. The zero-order valence-corrected chi connectivity index (χ0v) is 11.7. The van der Waals surface area contributed by atoms with Crippen molar-refractivity contribution in [3.8, 4) is 11.5 Å². The predicted molar refractivity (Wildman–Crippen MR) is 77.2 cm³/mol. The van der Waals surface area contributed by atoms with E-state index in [2.05, 4.69) is 27.2 Å². The van der Waals surface area contributed by atoms with Gasteiger partial charge in [-0.3, -0.25) is 14.6 Å². The van der Waals surface area contributed by atoms with Gasteiger partial charge in [-0.25, -0.2) is 4.98 Å². The van der Waals surface area contributed by atoms with E-state index in [-0.39, 0.29) is 23.9 Å². The Morgan fingerprint density at radius 3 is 2.95 bits per heavy atom. The largest absolute Gasteiger partial charge is 0.350 e. The van der Waals surface area contributed by atoms with Gasteiger partial charge in [0, 0.05) is 18.2 Å². The number of nitrogens with zero attached hydrogens (tertiary/aromatic N) is 2. The van der Waals surface area contributed by atoms with Crippen LogP contribution in [-0.4, -0.2) is 20.9 Å². The van der Waals surface area contributed by atoms with Gasteiger partial charge in [0.15, 0.2) is 5.82 Å². The molecule has 1 aliphatic carbocycles. The van der Waals surface area contributed by atoms with Crippen molar-refractivity contribution in [2.45, 2.75) is 19.9 Å². The number of H-pyrrole nitrogens is 1. The lowest BCUT2D eigenvalue weighted by Gasteiger charge is -2.06. The van der Waals surface area contributed by atoms with Crippen LogP contribution in [0.4, 0.5) is 0 Å². The summed E-state index contributed by atoms with van der Waals surface area (Å²) >= 11 is 0. The van der Waals surface area contributed by atoms with Crippen molar-refractivity contribution in [2.24, 2.45) is 11.8 Å². The number of aromatic nitrogens is 3. The number of pyridine rings is 1. The lowest BCUT2D eigenvalue weighted by molar-refractivity contribution is -0.122. The molecule has 2 N–H and O–H groups in total. The van der Waals surface area contributed by atoms with Crippen molar-refractivity contribution in [3.05, 3.63) is 46.5 Å². The molecule has 0 spiro atoms.